The molecule has 0 radical (unpaired) electrons. The quantitative estimate of drug-likeness (QED) is 0.321. The lowest BCUT2D eigenvalue weighted by molar-refractivity contribution is 0.209. The zero-order chi connectivity index (χ0) is 23.2. The number of benzene rings is 2. The van der Waals surface area contributed by atoms with E-state index in [1.807, 2.05) is 0 Å². The third-order valence-electron chi connectivity index (χ3n) is 6.77. The van der Waals surface area contributed by atoms with E-state index in [2.05, 4.69) is 109 Å². The van der Waals surface area contributed by atoms with Crippen molar-refractivity contribution in [2.45, 2.75) is 57.9 Å². The minimum Gasteiger partial charge on any atom is -0.378 e. The molecule has 0 aromatic heterocycles. The van der Waals surface area contributed by atoms with E-state index in [0.717, 1.165) is 32.6 Å². The van der Waals surface area contributed by atoms with Gasteiger partial charge in [0.2, 0.25) is 0 Å². The summed E-state index contributed by atoms with van der Waals surface area (Å²) in [6.45, 7) is 15.9. The van der Waals surface area contributed by atoms with Gasteiger partial charge < -0.3 is 9.80 Å². The number of aryl methyl sites for hydroxylation is 1. The van der Waals surface area contributed by atoms with Gasteiger partial charge in [-0.05, 0) is 82.8 Å². The molecule has 1 saturated heterocycles. The second kappa shape index (κ2) is 9.63. The molecule has 1 fully saturated rings. The predicted molar refractivity (Wildman–Crippen MR) is 149 cm³/mol. The summed E-state index contributed by atoms with van der Waals surface area (Å²) < 4.78 is 1.41. The van der Waals surface area contributed by atoms with E-state index in [0.29, 0.717) is 12.0 Å². The van der Waals surface area contributed by atoms with Crippen LogP contribution in [0.3, 0.4) is 0 Å². The number of fused-ring (bicyclic) bond motifs is 2. The maximum Gasteiger partial charge on any atom is 0.0812 e. The standard InChI is InChI=1S/C26H37IN4S/c1-8-19-13-21(31-11-9-30(10-12-31)18(4)5)16-23-25(19)28-26-22(17(2)3)14-20(29(6)7)15-24(26)32(23)27/h13-18H,8-12H2,1-7H3. The number of hydrogen-bond donors (Lipinski definition) is 0. The first kappa shape index (κ1) is 24.0. The Balaban J connectivity index is 1.86. The van der Waals surface area contributed by atoms with Gasteiger partial charge in [0.1, 0.15) is 0 Å². The van der Waals surface area contributed by atoms with E-state index >= 15 is 0 Å². The van der Waals surface area contributed by atoms with Gasteiger partial charge in [-0.3, -0.25) is 4.90 Å². The molecule has 0 aliphatic carbocycles. The van der Waals surface area contributed by atoms with Crippen molar-refractivity contribution in [1.29, 1.82) is 0 Å². The van der Waals surface area contributed by atoms with Crippen molar-refractivity contribution >= 4 is 45.9 Å². The van der Waals surface area contributed by atoms with Crippen LogP contribution >= 0.6 is 28.9 Å². The van der Waals surface area contributed by atoms with Crippen molar-refractivity contribution in [2.75, 3.05) is 50.1 Å². The van der Waals surface area contributed by atoms with E-state index in [4.69, 9.17) is 4.99 Å². The third-order valence-corrected chi connectivity index (χ3v) is 11.0. The molecule has 0 amide bonds. The van der Waals surface area contributed by atoms with Crippen LogP contribution in [-0.4, -0.2) is 51.2 Å². The average molecular weight is 565 g/mol. The summed E-state index contributed by atoms with van der Waals surface area (Å²) in [5.41, 5.74) is 6.61. The highest BCUT2D eigenvalue weighted by Crippen LogP contribution is 2.49. The Kier molecular flexibility index (Phi) is 7.23. The Bertz CT molecular complexity index is 1130. The minimum atomic E-state index is -0.0221. The summed E-state index contributed by atoms with van der Waals surface area (Å²) in [5.74, 6) is 0.448. The summed E-state index contributed by atoms with van der Waals surface area (Å²) in [6.07, 6.45) is 1.02. The molecule has 1 unspecified atom stereocenters. The van der Waals surface area contributed by atoms with Crippen LogP contribution in [0.15, 0.2) is 34.2 Å². The fourth-order valence-electron chi connectivity index (χ4n) is 4.66. The summed E-state index contributed by atoms with van der Waals surface area (Å²) >= 11 is 2.67. The smallest absolute Gasteiger partial charge is 0.0812 e. The van der Waals surface area contributed by atoms with E-state index in [-0.39, 0.29) is 7.66 Å². The van der Waals surface area contributed by atoms with Gasteiger partial charge in [0.05, 0.1) is 11.0 Å². The first-order valence-corrected chi connectivity index (χ1v) is 15.6. The largest absolute Gasteiger partial charge is 0.378 e. The van der Waals surface area contributed by atoms with Crippen molar-refractivity contribution in [3.8, 4) is 0 Å². The van der Waals surface area contributed by atoms with Crippen molar-refractivity contribution in [1.82, 2.24) is 4.90 Å². The maximum atomic E-state index is 5.33. The van der Waals surface area contributed by atoms with Crippen LogP contribution in [0, 0.1) is 4.51 Å². The van der Waals surface area contributed by atoms with E-state index in [9.17, 15) is 0 Å². The number of halogens is 1. The van der Waals surface area contributed by atoms with Gasteiger partial charge in [0.15, 0.2) is 0 Å². The van der Waals surface area contributed by atoms with Crippen molar-refractivity contribution in [3.05, 3.63) is 45.3 Å². The van der Waals surface area contributed by atoms with Crippen LogP contribution < -0.4 is 15.2 Å². The van der Waals surface area contributed by atoms with Gasteiger partial charge in [-0.25, -0.2) is 4.99 Å². The highest BCUT2D eigenvalue weighted by molar-refractivity contribution is 14.2. The number of nitrogens with zero attached hydrogens (tertiary/aromatic N) is 4. The normalized spacial score (nSPS) is 18.6. The molecule has 2 aliphatic heterocycles. The first-order valence-electron chi connectivity index (χ1n) is 11.8. The van der Waals surface area contributed by atoms with Crippen LogP contribution in [0.1, 0.15) is 51.7 Å². The number of anilines is 2. The molecule has 0 bridgehead atoms. The lowest BCUT2D eigenvalue weighted by Crippen LogP contribution is -2.49. The van der Waals surface area contributed by atoms with E-state index in [1.54, 1.807) is 0 Å². The Hall–Kier alpha value is -1.12. The molecule has 2 heterocycles. The zero-order valence-electron chi connectivity index (χ0n) is 20.6. The molecule has 4 rings (SSSR count). The lowest BCUT2D eigenvalue weighted by Gasteiger charge is -2.38. The van der Waals surface area contributed by atoms with Gasteiger partial charge in [-0.15, -0.1) is 0 Å². The zero-order valence-corrected chi connectivity index (χ0v) is 23.5. The molecule has 174 valence electrons. The summed E-state index contributed by atoms with van der Waals surface area (Å²) in [6, 6.07) is 10.2. The average Bonchev–Trinajstić information content (AvgIpc) is 2.78. The Morgan fingerprint density at radius 2 is 1.72 bits per heavy atom. The highest BCUT2D eigenvalue weighted by atomic mass is 127. The fourth-order valence-corrected chi connectivity index (χ4v) is 8.04. The highest BCUT2D eigenvalue weighted by Gasteiger charge is 2.23. The number of hydrogen-bond acceptors (Lipinski definition) is 4. The molecule has 6 heteroatoms. The van der Waals surface area contributed by atoms with Gasteiger partial charge in [-0.2, -0.15) is 0 Å². The van der Waals surface area contributed by atoms with E-state index < -0.39 is 0 Å². The molecular weight excluding hydrogens is 527 g/mol. The van der Waals surface area contributed by atoms with Crippen molar-refractivity contribution in [2.24, 2.45) is 4.99 Å². The monoisotopic (exact) mass is 564 g/mol. The molecule has 0 spiro atoms. The van der Waals surface area contributed by atoms with Gasteiger partial charge in [0.25, 0.3) is 0 Å². The first-order chi connectivity index (χ1) is 15.2. The topological polar surface area (TPSA) is 22.1 Å². The summed E-state index contributed by atoms with van der Waals surface area (Å²) in [7, 11) is 4.25. The molecule has 0 saturated carbocycles. The number of piperazine rings is 1. The molecule has 2 aromatic rings. The minimum absolute atomic E-state index is 0.0221. The van der Waals surface area contributed by atoms with Crippen LogP contribution in [0.25, 0.3) is 0 Å². The molecule has 32 heavy (non-hydrogen) atoms. The molecular formula is C26H37IN4S. The van der Waals surface area contributed by atoms with Crippen molar-refractivity contribution in [3.63, 3.8) is 0 Å². The molecule has 2 aromatic carbocycles. The predicted octanol–water partition coefficient (Wildman–Crippen LogP) is 6.16. The van der Waals surface area contributed by atoms with Crippen molar-refractivity contribution < 1.29 is 0 Å². The van der Waals surface area contributed by atoms with Crippen LogP contribution in [0.4, 0.5) is 17.1 Å². The molecule has 2 aliphatic rings. The maximum absolute atomic E-state index is 5.33. The fraction of sp³-hybridized carbons (Fsp3) is 0.538. The Morgan fingerprint density at radius 1 is 1.03 bits per heavy atom. The Labute approximate surface area is 208 Å². The van der Waals surface area contributed by atoms with Crippen LogP contribution in [0.5, 0.6) is 0 Å². The molecule has 1 atom stereocenters. The Morgan fingerprint density at radius 3 is 2.28 bits per heavy atom. The number of rotatable bonds is 5. The molecule has 0 N–H and O–H groups in total. The van der Waals surface area contributed by atoms with Gasteiger partial charge in [-0.1, -0.05) is 28.4 Å². The molecule has 4 nitrogen and oxygen atoms in total. The SMILES string of the molecule is CCc1cc(N2CCN(C(C)C)CC2)cc2c1=Nc1c(C(C)C)cc(N(C)C)cc1S=2I. The van der Waals surface area contributed by atoms with E-state index in [1.165, 1.54) is 43.0 Å². The van der Waals surface area contributed by atoms with Crippen LogP contribution in [0.2, 0.25) is 0 Å². The third kappa shape index (κ3) is 4.47. The second-order valence-corrected chi connectivity index (χ2v) is 13.8. The van der Waals surface area contributed by atoms with Crippen LogP contribution in [-0.2, 0) is 6.42 Å². The summed E-state index contributed by atoms with van der Waals surface area (Å²) in [4.78, 5) is 14.1. The second-order valence-electron chi connectivity index (χ2n) is 9.72. The lowest BCUT2D eigenvalue weighted by atomic mass is 10.00. The van der Waals surface area contributed by atoms with Gasteiger partial charge >= 0.3 is 0 Å². The summed E-state index contributed by atoms with van der Waals surface area (Å²) in [5, 5.41) is 1.22. The van der Waals surface area contributed by atoms with Gasteiger partial charge in [0, 0.05) is 67.1 Å².